The number of aromatic hydroxyl groups is 1. The molecule has 0 aromatic heterocycles. The molecular weight excluding hydrogens is 288 g/mol. The molecule has 1 aliphatic heterocycles. The van der Waals surface area contributed by atoms with Gasteiger partial charge in [0.25, 0.3) is 0 Å². The van der Waals surface area contributed by atoms with E-state index >= 15 is 0 Å². The molecule has 0 spiro atoms. The van der Waals surface area contributed by atoms with E-state index in [0.29, 0.717) is 5.11 Å². The lowest BCUT2D eigenvalue weighted by atomic mass is 10.2. The molecule has 1 aliphatic rings. The number of phenolic OH excluding ortho intramolecular Hbond substituents is 1. The lowest BCUT2D eigenvalue weighted by Gasteiger charge is -2.26. The number of hydrogen-bond acceptors (Lipinski definition) is 5. The molecule has 0 aliphatic carbocycles. The molecule has 3 N–H and O–H groups in total. The van der Waals surface area contributed by atoms with Gasteiger partial charge in [-0.2, -0.15) is 5.10 Å². The van der Waals surface area contributed by atoms with Gasteiger partial charge in [0.1, 0.15) is 5.75 Å². The molecule has 1 aromatic carbocycles. The maximum atomic E-state index is 9.33. The third kappa shape index (κ3) is 6.07. The summed E-state index contributed by atoms with van der Waals surface area (Å²) in [5, 5.41) is 16.9. The second-order valence-electron chi connectivity index (χ2n) is 4.67. The highest BCUT2D eigenvalue weighted by molar-refractivity contribution is 7.80. The fourth-order valence-electron chi connectivity index (χ4n) is 1.96. The predicted molar refractivity (Wildman–Crippen MR) is 86.7 cm³/mol. The predicted octanol–water partition coefficient (Wildman–Crippen LogP) is 0.522. The minimum atomic E-state index is 0.213. The zero-order chi connectivity index (χ0) is 14.9. The van der Waals surface area contributed by atoms with Gasteiger partial charge in [-0.25, -0.2) is 0 Å². The number of ether oxygens (including phenoxy) is 1. The minimum absolute atomic E-state index is 0.213. The summed E-state index contributed by atoms with van der Waals surface area (Å²) in [5.74, 6) is 0.213. The minimum Gasteiger partial charge on any atom is -0.508 e. The Balaban J connectivity index is 1.63. The summed E-state index contributed by atoms with van der Waals surface area (Å²) < 4.78 is 5.29. The molecule has 0 bridgehead atoms. The van der Waals surface area contributed by atoms with E-state index in [1.807, 2.05) is 6.07 Å². The molecule has 7 heteroatoms. The van der Waals surface area contributed by atoms with Crippen molar-refractivity contribution in [3.63, 3.8) is 0 Å². The van der Waals surface area contributed by atoms with Gasteiger partial charge in [0.2, 0.25) is 0 Å². The van der Waals surface area contributed by atoms with Crippen LogP contribution in [0.1, 0.15) is 5.56 Å². The Hall–Kier alpha value is -1.70. The number of rotatable bonds is 5. The van der Waals surface area contributed by atoms with E-state index < -0.39 is 0 Å². The number of phenols is 1. The summed E-state index contributed by atoms with van der Waals surface area (Å²) >= 11 is 5.13. The molecule has 21 heavy (non-hydrogen) atoms. The average Bonchev–Trinajstić information content (AvgIpc) is 2.48. The van der Waals surface area contributed by atoms with Crippen molar-refractivity contribution in [2.75, 3.05) is 39.4 Å². The first-order valence-corrected chi connectivity index (χ1v) is 7.31. The number of hydrogen-bond donors (Lipinski definition) is 3. The molecule has 0 amide bonds. The Morgan fingerprint density at radius 1 is 1.43 bits per heavy atom. The maximum absolute atomic E-state index is 9.33. The van der Waals surface area contributed by atoms with Crippen LogP contribution in [0.3, 0.4) is 0 Å². The number of nitrogens with one attached hydrogen (secondary N) is 2. The largest absolute Gasteiger partial charge is 0.508 e. The van der Waals surface area contributed by atoms with E-state index in [9.17, 15) is 5.11 Å². The Labute approximate surface area is 129 Å². The monoisotopic (exact) mass is 308 g/mol. The van der Waals surface area contributed by atoms with Gasteiger partial charge in [-0.15, -0.1) is 0 Å². The first-order chi connectivity index (χ1) is 10.2. The third-order valence-corrected chi connectivity index (χ3v) is 3.30. The molecule has 1 fully saturated rings. The summed E-state index contributed by atoms with van der Waals surface area (Å²) in [4.78, 5) is 2.33. The van der Waals surface area contributed by atoms with Gasteiger partial charge in [-0.3, -0.25) is 10.3 Å². The van der Waals surface area contributed by atoms with Crippen LogP contribution in [0.4, 0.5) is 0 Å². The van der Waals surface area contributed by atoms with Gasteiger partial charge < -0.3 is 15.2 Å². The molecule has 114 valence electrons. The van der Waals surface area contributed by atoms with Crippen LogP contribution in [-0.2, 0) is 4.74 Å². The molecule has 0 radical (unpaired) electrons. The Bertz CT molecular complexity index is 490. The quantitative estimate of drug-likeness (QED) is 0.419. The Morgan fingerprint density at radius 3 is 3.00 bits per heavy atom. The second kappa shape index (κ2) is 8.56. The zero-order valence-corrected chi connectivity index (χ0v) is 12.6. The normalized spacial score (nSPS) is 16.0. The van der Waals surface area contributed by atoms with Crippen molar-refractivity contribution in [2.24, 2.45) is 5.10 Å². The standard InChI is InChI=1S/C14H20N4O2S/c19-13-3-1-2-12(10-13)11-16-17-14(21)15-4-5-18-6-8-20-9-7-18/h1-3,10-11,19H,4-9H2,(H2,15,17,21)/b16-11+. The second-order valence-corrected chi connectivity index (χ2v) is 5.08. The fraction of sp³-hybridized carbons (Fsp3) is 0.429. The van der Waals surface area contributed by atoms with Gasteiger partial charge >= 0.3 is 0 Å². The smallest absolute Gasteiger partial charge is 0.187 e. The summed E-state index contributed by atoms with van der Waals surface area (Å²) in [6, 6.07) is 6.85. The summed E-state index contributed by atoms with van der Waals surface area (Å²) in [6.45, 7) is 5.25. The van der Waals surface area contributed by atoms with E-state index in [1.165, 1.54) is 0 Å². The van der Waals surface area contributed by atoms with Crippen molar-refractivity contribution < 1.29 is 9.84 Å². The van der Waals surface area contributed by atoms with Crippen LogP contribution >= 0.6 is 12.2 Å². The number of morpholine rings is 1. The molecule has 2 rings (SSSR count). The van der Waals surface area contributed by atoms with Gasteiger partial charge in [0.15, 0.2) is 5.11 Å². The number of nitrogens with zero attached hydrogens (tertiary/aromatic N) is 2. The SMILES string of the molecule is Oc1cccc(/C=N/NC(=S)NCCN2CCOCC2)c1. The number of hydrazone groups is 1. The van der Waals surface area contributed by atoms with Crippen molar-refractivity contribution in [1.29, 1.82) is 0 Å². The molecule has 6 nitrogen and oxygen atoms in total. The van der Waals surface area contributed by atoms with Crippen molar-refractivity contribution in [3.05, 3.63) is 29.8 Å². The molecule has 1 aromatic rings. The van der Waals surface area contributed by atoms with Gasteiger partial charge in [0, 0.05) is 26.2 Å². The van der Waals surface area contributed by atoms with Gasteiger partial charge in [-0.05, 0) is 29.9 Å². The van der Waals surface area contributed by atoms with Crippen molar-refractivity contribution in [1.82, 2.24) is 15.6 Å². The molecule has 1 saturated heterocycles. The Morgan fingerprint density at radius 2 is 2.24 bits per heavy atom. The van der Waals surface area contributed by atoms with Gasteiger partial charge in [0.05, 0.1) is 19.4 Å². The highest BCUT2D eigenvalue weighted by atomic mass is 32.1. The van der Waals surface area contributed by atoms with Crippen LogP contribution in [0.25, 0.3) is 0 Å². The highest BCUT2D eigenvalue weighted by Crippen LogP contribution is 2.08. The van der Waals surface area contributed by atoms with E-state index in [2.05, 4.69) is 20.7 Å². The fourth-order valence-corrected chi connectivity index (χ4v) is 2.12. The molecular formula is C14H20N4O2S. The molecule has 0 unspecified atom stereocenters. The highest BCUT2D eigenvalue weighted by Gasteiger charge is 2.09. The number of thiocarbonyl (C=S) groups is 1. The first kappa shape index (κ1) is 15.7. The number of benzene rings is 1. The van der Waals surface area contributed by atoms with Crippen LogP contribution in [0.15, 0.2) is 29.4 Å². The van der Waals surface area contributed by atoms with E-state index in [4.69, 9.17) is 17.0 Å². The summed E-state index contributed by atoms with van der Waals surface area (Å²) in [6.07, 6.45) is 1.61. The third-order valence-electron chi connectivity index (χ3n) is 3.07. The molecule has 1 heterocycles. The van der Waals surface area contributed by atoms with Crippen LogP contribution in [0.5, 0.6) is 5.75 Å². The van der Waals surface area contributed by atoms with Crippen LogP contribution in [0, 0.1) is 0 Å². The van der Waals surface area contributed by atoms with E-state index in [0.717, 1.165) is 45.0 Å². The lowest BCUT2D eigenvalue weighted by molar-refractivity contribution is 0.0389. The van der Waals surface area contributed by atoms with Crippen molar-refractivity contribution >= 4 is 23.5 Å². The summed E-state index contributed by atoms with van der Waals surface area (Å²) in [5.41, 5.74) is 3.56. The lowest BCUT2D eigenvalue weighted by Crippen LogP contribution is -2.42. The topological polar surface area (TPSA) is 69.1 Å². The van der Waals surface area contributed by atoms with Crippen LogP contribution in [-0.4, -0.2) is 60.7 Å². The van der Waals surface area contributed by atoms with Crippen LogP contribution < -0.4 is 10.7 Å². The average molecular weight is 308 g/mol. The Kier molecular flexibility index (Phi) is 6.39. The molecule has 0 atom stereocenters. The van der Waals surface area contributed by atoms with Crippen molar-refractivity contribution in [2.45, 2.75) is 0 Å². The van der Waals surface area contributed by atoms with Gasteiger partial charge in [-0.1, -0.05) is 12.1 Å². The van der Waals surface area contributed by atoms with E-state index in [1.54, 1.807) is 24.4 Å². The zero-order valence-electron chi connectivity index (χ0n) is 11.8. The molecule has 0 saturated carbocycles. The summed E-state index contributed by atoms with van der Waals surface area (Å²) in [7, 11) is 0. The van der Waals surface area contributed by atoms with E-state index in [-0.39, 0.29) is 5.75 Å². The maximum Gasteiger partial charge on any atom is 0.187 e. The van der Waals surface area contributed by atoms with Crippen LogP contribution in [0.2, 0.25) is 0 Å². The first-order valence-electron chi connectivity index (χ1n) is 6.90. The van der Waals surface area contributed by atoms with Crippen molar-refractivity contribution in [3.8, 4) is 5.75 Å².